The van der Waals surface area contributed by atoms with Crippen molar-refractivity contribution in [3.05, 3.63) is 23.9 Å². The molecule has 1 aromatic heterocycles. The lowest BCUT2D eigenvalue weighted by molar-refractivity contribution is 0.00860. The van der Waals surface area contributed by atoms with Crippen LogP contribution in [0, 0.1) is 0 Å². The molecule has 3 rings (SSSR count). The number of carbonyl (C=O) groups excluding carboxylic acids is 1. The Balaban J connectivity index is 1.95. The van der Waals surface area contributed by atoms with Crippen molar-refractivity contribution in [2.24, 2.45) is 5.73 Å². The third kappa shape index (κ3) is 2.66. The summed E-state index contributed by atoms with van der Waals surface area (Å²) in [4.78, 5) is 11.5. The second-order valence-electron chi connectivity index (χ2n) is 6.31. The number of rotatable bonds is 3. The molecular weight excluding hydrogens is 282 g/mol. The summed E-state index contributed by atoms with van der Waals surface area (Å²) >= 11 is 0. The highest BCUT2D eigenvalue weighted by Crippen LogP contribution is 2.35. The van der Waals surface area contributed by atoms with Gasteiger partial charge in [0, 0.05) is 17.6 Å². The Bertz CT molecular complexity index is 711. The van der Waals surface area contributed by atoms with Gasteiger partial charge in [-0.1, -0.05) is 0 Å². The van der Waals surface area contributed by atoms with Crippen LogP contribution in [0.4, 0.5) is 0 Å². The number of ether oxygens (including phenoxy) is 1. The zero-order valence-electron chi connectivity index (χ0n) is 12.9. The summed E-state index contributed by atoms with van der Waals surface area (Å²) in [6, 6.07) is 3.74. The molecule has 6 heteroatoms. The third-order valence-electron chi connectivity index (χ3n) is 4.52. The molecule has 0 bridgehead atoms. The Labute approximate surface area is 128 Å². The van der Waals surface area contributed by atoms with E-state index in [-0.39, 0.29) is 6.04 Å². The first kappa shape index (κ1) is 14.8. The number of amides is 1. The molecule has 2 aromatic rings. The molecule has 6 nitrogen and oxygen atoms in total. The smallest absolute Gasteiger partial charge is 0.252 e. The van der Waals surface area contributed by atoms with Gasteiger partial charge in [-0.25, -0.2) is 0 Å². The van der Waals surface area contributed by atoms with Crippen molar-refractivity contribution in [1.29, 1.82) is 0 Å². The van der Waals surface area contributed by atoms with E-state index >= 15 is 0 Å². The fourth-order valence-corrected chi connectivity index (χ4v) is 3.11. The molecule has 3 N–H and O–H groups in total. The number of hydrogen-bond donors (Lipinski definition) is 2. The van der Waals surface area contributed by atoms with Crippen molar-refractivity contribution >= 4 is 16.8 Å². The summed E-state index contributed by atoms with van der Waals surface area (Å²) < 4.78 is 7.15. The predicted octanol–water partition coefficient (Wildman–Crippen LogP) is 2.01. The van der Waals surface area contributed by atoms with Gasteiger partial charge in [0.1, 0.15) is 5.75 Å². The molecule has 1 aromatic carbocycles. The Hall–Kier alpha value is -2.08. The summed E-state index contributed by atoms with van der Waals surface area (Å²) in [5.41, 5.74) is 5.96. The highest BCUT2D eigenvalue weighted by molar-refractivity contribution is 6.00. The van der Waals surface area contributed by atoms with Gasteiger partial charge in [-0.05, 0) is 38.7 Å². The molecule has 0 unspecified atom stereocenters. The number of primary amides is 1. The molecule has 0 radical (unpaired) electrons. The van der Waals surface area contributed by atoms with E-state index in [0.29, 0.717) is 11.3 Å². The Morgan fingerprint density at radius 1 is 1.45 bits per heavy atom. The minimum atomic E-state index is -0.564. The molecule has 0 spiro atoms. The van der Waals surface area contributed by atoms with Crippen molar-refractivity contribution < 1.29 is 14.6 Å². The van der Waals surface area contributed by atoms with E-state index in [1.807, 2.05) is 17.8 Å². The third-order valence-corrected chi connectivity index (χ3v) is 4.52. The number of methoxy groups -OCH3 is 1. The van der Waals surface area contributed by atoms with Crippen LogP contribution < -0.4 is 10.5 Å². The quantitative estimate of drug-likeness (QED) is 0.907. The zero-order valence-corrected chi connectivity index (χ0v) is 12.9. The highest BCUT2D eigenvalue weighted by atomic mass is 16.5. The zero-order chi connectivity index (χ0) is 15.9. The maximum atomic E-state index is 11.5. The predicted molar refractivity (Wildman–Crippen MR) is 82.9 cm³/mol. The normalized spacial score (nSPS) is 25.3. The SMILES string of the molecule is COc1cc2nn(C3CCC(C)(O)CC3)cc2cc1C(N)=O. The van der Waals surface area contributed by atoms with Gasteiger partial charge in [0.2, 0.25) is 0 Å². The van der Waals surface area contributed by atoms with Gasteiger partial charge in [-0.2, -0.15) is 5.10 Å². The van der Waals surface area contributed by atoms with Crippen LogP contribution in [0.3, 0.4) is 0 Å². The number of nitrogens with two attached hydrogens (primary N) is 1. The van der Waals surface area contributed by atoms with Gasteiger partial charge in [0.15, 0.2) is 0 Å². The standard InChI is InChI=1S/C16H21N3O3/c1-16(21)5-3-11(4-6-16)19-9-10-7-12(15(17)20)14(22-2)8-13(10)18-19/h7-9,11,21H,3-6H2,1-2H3,(H2,17,20). The minimum absolute atomic E-state index is 0.274. The molecule has 118 valence electrons. The van der Waals surface area contributed by atoms with Crippen molar-refractivity contribution in [3.8, 4) is 5.75 Å². The molecule has 0 atom stereocenters. The number of fused-ring (bicyclic) bond motifs is 1. The van der Waals surface area contributed by atoms with Gasteiger partial charge >= 0.3 is 0 Å². The molecule has 0 saturated heterocycles. The molecule has 1 saturated carbocycles. The molecule has 1 aliphatic carbocycles. The summed E-state index contributed by atoms with van der Waals surface area (Å²) in [7, 11) is 1.51. The van der Waals surface area contributed by atoms with Gasteiger partial charge < -0.3 is 15.6 Å². The Kier molecular flexibility index (Phi) is 3.56. The number of hydrogen-bond acceptors (Lipinski definition) is 4. The second kappa shape index (κ2) is 5.28. The van der Waals surface area contributed by atoms with Crippen LogP contribution in [0.15, 0.2) is 18.3 Å². The Morgan fingerprint density at radius 2 is 2.14 bits per heavy atom. The number of carbonyl (C=O) groups is 1. The van der Waals surface area contributed by atoms with Crippen LogP contribution in [0.25, 0.3) is 10.9 Å². The van der Waals surface area contributed by atoms with Crippen LogP contribution in [-0.2, 0) is 0 Å². The van der Waals surface area contributed by atoms with Crippen molar-refractivity contribution in [2.45, 2.75) is 44.2 Å². The summed E-state index contributed by atoms with van der Waals surface area (Å²) in [5, 5.41) is 15.5. The molecule has 1 amide bonds. The van der Waals surface area contributed by atoms with Crippen molar-refractivity contribution in [3.63, 3.8) is 0 Å². The summed E-state index contributed by atoms with van der Waals surface area (Å²) in [6.45, 7) is 1.88. The monoisotopic (exact) mass is 303 g/mol. The molecule has 0 aliphatic heterocycles. The first-order chi connectivity index (χ1) is 10.4. The van der Waals surface area contributed by atoms with Gasteiger partial charge in [0.05, 0.1) is 29.8 Å². The van der Waals surface area contributed by atoms with E-state index in [2.05, 4.69) is 5.10 Å². The van der Waals surface area contributed by atoms with E-state index in [1.165, 1.54) is 7.11 Å². The molecular formula is C16H21N3O3. The summed E-state index contributed by atoms with van der Waals surface area (Å²) in [5.74, 6) is -0.0722. The van der Waals surface area contributed by atoms with Crippen LogP contribution in [0.2, 0.25) is 0 Å². The van der Waals surface area contributed by atoms with E-state index in [0.717, 1.165) is 36.6 Å². The first-order valence-electron chi connectivity index (χ1n) is 7.49. The number of benzene rings is 1. The van der Waals surface area contributed by atoms with Gasteiger partial charge in [-0.15, -0.1) is 0 Å². The van der Waals surface area contributed by atoms with Crippen molar-refractivity contribution in [2.75, 3.05) is 7.11 Å². The van der Waals surface area contributed by atoms with Crippen LogP contribution >= 0.6 is 0 Å². The Morgan fingerprint density at radius 3 is 2.73 bits per heavy atom. The van der Waals surface area contributed by atoms with Gasteiger partial charge in [-0.3, -0.25) is 9.48 Å². The van der Waals surface area contributed by atoms with Crippen LogP contribution in [0.1, 0.15) is 49.0 Å². The second-order valence-corrected chi connectivity index (χ2v) is 6.31. The van der Waals surface area contributed by atoms with Gasteiger partial charge in [0.25, 0.3) is 5.91 Å². The number of aromatic nitrogens is 2. The highest BCUT2D eigenvalue weighted by Gasteiger charge is 2.30. The van der Waals surface area contributed by atoms with Crippen LogP contribution in [-0.4, -0.2) is 33.5 Å². The van der Waals surface area contributed by atoms with Crippen LogP contribution in [0.5, 0.6) is 5.75 Å². The molecule has 22 heavy (non-hydrogen) atoms. The number of nitrogens with zero attached hydrogens (tertiary/aromatic N) is 2. The lowest BCUT2D eigenvalue weighted by Gasteiger charge is -2.33. The van der Waals surface area contributed by atoms with E-state index in [9.17, 15) is 9.90 Å². The maximum absolute atomic E-state index is 11.5. The number of aliphatic hydroxyl groups is 1. The van der Waals surface area contributed by atoms with E-state index in [1.54, 1.807) is 12.1 Å². The molecule has 1 aliphatic rings. The fraction of sp³-hybridized carbons (Fsp3) is 0.500. The average Bonchev–Trinajstić information content (AvgIpc) is 2.88. The fourth-order valence-electron chi connectivity index (χ4n) is 3.11. The molecule has 1 fully saturated rings. The lowest BCUT2D eigenvalue weighted by atomic mass is 9.84. The lowest BCUT2D eigenvalue weighted by Crippen LogP contribution is -2.31. The van der Waals surface area contributed by atoms with E-state index < -0.39 is 11.5 Å². The topological polar surface area (TPSA) is 90.4 Å². The van der Waals surface area contributed by atoms with Crippen molar-refractivity contribution in [1.82, 2.24) is 9.78 Å². The maximum Gasteiger partial charge on any atom is 0.252 e. The average molecular weight is 303 g/mol. The largest absolute Gasteiger partial charge is 0.496 e. The minimum Gasteiger partial charge on any atom is -0.496 e. The summed E-state index contributed by atoms with van der Waals surface area (Å²) in [6.07, 6.45) is 5.25. The molecule has 1 heterocycles. The van der Waals surface area contributed by atoms with E-state index in [4.69, 9.17) is 10.5 Å². The first-order valence-corrected chi connectivity index (χ1v) is 7.49.